The van der Waals surface area contributed by atoms with E-state index >= 15 is 0 Å². The maximum absolute atomic E-state index is 11.0. The molecule has 0 aromatic carbocycles. The Hall–Kier alpha value is -1.31. The van der Waals surface area contributed by atoms with Gasteiger partial charge in [0.05, 0.1) is 0 Å². The molecule has 2 unspecified atom stereocenters. The highest BCUT2D eigenvalue weighted by Gasteiger charge is 2.54. The van der Waals surface area contributed by atoms with Gasteiger partial charge in [0.1, 0.15) is 0 Å². The van der Waals surface area contributed by atoms with Crippen molar-refractivity contribution in [3.05, 3.63) is 34.9 Å². The fraction of sp³-hybridized carbons (Fsp3) is 0.720. The number of hydrogen-bond acceptors (Lipinski definition) is 1. The molecule has 0 amide bonds. The first-order valence-electron chi connectivity index (χ1n) is 11.1. The van der Waals surface area contributed by atoms with E-state index in [1.54, 1.807) is 16.7 Å². The molecule has 4 aliphatic rings. The average Bonchev–Trinajstić information content (AvgIpc) is 2.97. The third kappa shape index (κ3) is 2.95. The van der Waals surface area contributed by atoms with Crippen LogP contribution in [0.5, 0.6) is 0 Å². The van der Waals surface area contributed by atoms with Gasteiger partial charge in [-0.2, -0.15) is 0 Å². The summed E-state index contributed by atoms with van der Waals surface area (Å²) in [6.07, 6.45) is 16.2. The van der Waals surface area contributed by atoms with Crippen molar-refractivity contribution in [1.29, 1.82) is 0 Å². The SMILES string of the molecule is C[C@@H]1CC[C@@]2(C)C(=CC=C3C2=CC[C@@]2(C)C3CCC2[C@H](C)CCC(=O)O)C1. The second-order valence-electron chi connectivity index (χ2n) is 10.5. The van der Waals surface area contributed by atoms with Gasteiger partial charge < -0.3 is 5.11 Å². The minimum absolute atomic E-state index is 0.269. The van der Waals surface area contributed by atoms with E-state index in [1.807, 2.05) is 0 Å². The molecule has 1 N–H and O–H groups in total. The lowest BCUT2D eigenvalue weighted by Crippen LogP contribution is -2.40. The number of allylic oxidation sites excluding steroid dienone is 6. The van der Waals surface area contributed by atoms with Gasteiger partial charge in [0.25, 0.3) is 0 Å². The van der Waals surface area contributed by atoms with E-state index < -0.39 is 5.97 Å². The van der Waals surface area contributed by atoms with E-state index in [4.69, 9.17) is 5.11 Å². The zero-order valence-corrected chi connectivity index (χ0v) is 17.6. The minimum atomic E-state index is -0.653. The lowest BCUT2D eigenvalue weighted by atomic mass is 9.53. The van der Waals surface area contributed by atoms with Gasteiger partial charge in [0.15, 0.2) is 0 Å². The maximum Gasteiger partial charge on any atom is 0.303 e. The first kappa shape index (κ1) is 19.0. The van der Waals surface area contributed by atoms with E-state index in [1.165, 1.54) is 38.5 Å². The van der Waals surface area contributed by atoms with Crippen LogP contribution in [-0.4, -0.2) is 11.1 Å². The molecule has 4 aliphatic carbocycles. The van der Waals surface area contributed by atoms with Crippen LogP contribution in [0.2, 0.25) is 0 Å². The smallest absolute Gasteiger partial charge is 0.303 e. The Labute approximate surface area is 164 Å². The number of carboxylic acid groups (broad SMARTS) is 1. The Morgan fingerprint density at radius 1 is 1.26 bits per heavy atom. The van der Waals surface area contributed by atoms with Crippen LogP contribution in [0.1, 0.15) is 79.1 Å². The second-order valence-corrected chi connectivity index (χ2v) is 10.5. The first-order valence-corrected chi connectivity index (χ1v) is 11.1. The van der Waals surface area contributed by atoms with Gasteiger partial charge >= 0.3 is 5.97 Å². The summed E-state index contributed by atoms with van der Waals surface area (Å²) in [5.41, 5.74) is 5.50. The molecular formula is C25H36O2. The summed E-state index contributed by atoms with van der Waals surface area (Å²) in [4.78, 5) is 11.0. The Morgan fingerprint density at radius 3 is 2.78 bits per heavy atom. The predicted octanol–water partition coefficient (Wildman–Crippen LogP) is 6.54. The lowest BCUT2D eigenvalue weighted by Gasteiger charge is -2.51. The highest BCUT2D eigenvalue weighted by Crippen LogP contribution is 2.64. The monoisotopic (exact) mass is 368 g/mol. The van der Waals surface area contributed by atoms with Crippen LogP contribution in [0, 0.1) is 34.5 Å². The standard InChI is InChI=1S/C25H36O2/c1-16-11-13-24(3)18(15-16)6-7-19-21-9-8-20(17(2)5-10-23(26)27)25(21,4)14-12-22(19)24/h6-7,12,16-17,20-21H,5,8-11,13-15H2,1-4H3,(H,26,27)/t16-,17-,20?,21?,24+,25-/m1/s1. The molecule has 0 radical (unpaired) electrons. The van der Waals surface area contributed by atoms with Crippen LogP contribution >= 0.6 is 0 Å². The van der Waals surface area contributed by atoms with E-state index in [9.17, 15) is 4.79 Å². The third-order valence-electron chi connectivity index (χ3n) is 8.82. The van der Waals surface area contributed by atoms with Crippen molar-refractivity contribution in [3.8, 4) is 0 Å². The Balaban J connectivity index is 1.63. The quantitative estimate of drug-likeness (QED) is 0.611. The zero-order valence-electron chi connectivity index (χ0n) is 17.6. The van der Waals surface area contributed by atoms with E-state index in [0.717, 1.165) is 12.3 Å². The van der Waals surface area contributed by atoms with Gasteiger partial charge in [-0.15, -0.1) is 0 Å². The average molecular weight is 369 g/mol. The van der Waals surface area contributed by atoms with Crippen LogP contribution in [0.25, 0.3) is 0 Å². The summed E-state index contributed by atoms with van der Waals surface area (Å²) in [5, 5.41) is 9.09. The van der Waals surface area contributed by atoms with Crippen LogP contribution in [0.15, 0.2) is 34.9 Å². The molecule has 4 rings (SSSR count). The fourth-order valence-corrected chi connectivity index (χ4v) is 7.08. The van der Waals surface area contributed by atoms with Crippen molar-refractivity contribution in [2.75, 3.05) is 0 Å². The number of fused-ring (bicyclic) bond motifs is 5. The molecule has 6 atom stereocenters. The summed E-state index contributed by atoms with van der Waals surface area (Å²) < 4.78 is 0. The lowest BCUT2D eigenvalue weighted by molar-refractivity contribution is -0.137. The highest BCUT2D eigenvalue weighted by atomic mass is 16.4. The molecule has 0 aromatic heterocycles. The Kier molecular flexibility index (Phi) is 4.68. The molecule has 0 heterocycles. The Morgan fingerprint density at radius 2 is 2.04 bits per heavy atom. The van der Waals surface area contributed by atoms with Crippen molar-refractivity contribution < 1.29 is 9.90 Å². The molecule has 2 fully saturated rings. The third-order valence-corrected chi connectivity index (χ3v) is 8.82. The molecule has 0 aromatic rings. The Bertz CT molecular complexity index is 727. The molecule has 0 aliphatic heterocycles. The predicted molar refractivity (Wildman–Crippen MR) is 110 cm³/mol. The highest BCUT2D eigenvalue weighted by molar-refractivity contribution is 5.66. The molecule has 2 saturated carbocycles. The van der Waals surface area contributed by atoms with Gasteiger partial charge in [0, 0.05) is 11.8 Å². The molecule has 2 heteroatoms. The second kappa shape index (κ2) is 6.64. The van der Waals surface area contributed by atoms with E-state index in [0.29, 0.717) is 29.6 Å². The molecule has 27 heavy (non-hydrogen) atoms. The van der Waals surface area contributed by atoms with Crippen molar-refractivity contribution in [3.63, 3.8) is 0 Å². The van der Waals surface area contributed by atoms with Crippen molar-refractivity contribution in [1.82, 2.24) is 0 Å². The molecule has 0 spiro atoms. The zero-order chi connectivity index (χ0) is 19.4. The molecule has 0 bridgehead atoms. The van der Waals surface area contributed by atoms with Gasteiger partial charge in [-0.3, -0.25) is 4.79 Å². The van der Waals surface area contributed by atoms with Gasteiger partial charge in [0.2, 0.25) is 0 Å². The van der Waals surface area contributed by atoms with Crippen LogP contribution in [0.4, 0.5) is 0 Å². The number of carbonyl (C=O) groups is 1. The fourth-order valence-electron chi connectivity index (χ4n) is 7.08. The van der Waals surface area contributed by atoms with E-state index in [2.05, 4.69) is 45.9 Å². The molecule has 2 nitrogen and oxygen atoms in total. The van der Waals surface area contributed by atoms with Crippen molar-refractivity contribution in [2.24, 2.45) is 34.5 Å². The topological polar surface area (TPSA) is 37.3 Å². The number of aliphatic carboxylic acids is 1. The molecular weight excluding hydrogens is 332 g/mol. The minimum Gasteiger partial charge on any atom is -0.481 e. The van der Waals surface area contributed by atoms with Gasteiger partial charge in [-0.05, 0) is 85.2 Å². The summed E-state index contributed by atoms with van der Waals surface area (Å²) >= 11 is 0. The van der Waals surface area contributed by atoms with Gasteiger partial charge in [-0.1, -0.05) is 51.5 Å². The summed E-state index contributed by atoms with van der Waals surface area (Å²) in [6, 6.07) is 0. The van der Waals surface area contributed by atoms with Gasteiger partial charge in [-0.25, -0.2) is 0 Å². The summed E-state index contributed by atoms with van der Waals surface area (Å²) in [6.45, 7) is 9.67. The van der Waals surface area contributed by atoms with Crippen molar-refractivity contribution >= 4 is 5.97 Å². The normalized spacial score (nSPS) is 41.5. The largest absolute Gasteiger partial charge is 0.481 e. The molecule has 148 valence electrons. The first-order chi connectivity index (χ1) is 12.8. The number of carboxylic acids is 1. The van der Waals surface area contributed by atoms with Crippen molar-refractivity contribution in [2.45, 2.75) is 79.1 Å². The van der Waals surface area contributed by atoms with E-state index in [-0.39, 0.29) is 5.41 Å². The van der Waals surface area contributed by atoms with Crippen LogP contribution in [-0.2, 0) is 4.79 Å². The molecule has 0 saturated heterocycles. The summed E-state index contributed by atoms with van der Waals surface area (Å²) in [5.74, 6) is 1.96. The number of rotatable bonds is 4. The van der Waals surface area contributed by atoms with Crippen LogP contribution < -0.4 is 0 Å². The summed E-state index contributed by atoms with van der Waals surface area (Å²) in [7, 11) is 0. The maximum atomic E-state index is 11.0. The number of hydrogen-bond donors (Lipinski definition) is 1. The van der Waals surface area contributed by atoms with Crippen LogP contribution in [0.3, 0.4) is 0 Å².